The Morgan fingerprint density at radius 1 is 1.27 bits per heavy atom. The molecule has 0 bridgehead atoms. The second-order valence-corrected chi connectivity index (χ2v) is 7.07. The Hall–Kier alpha value is -2.37. The number of anilines is 1. The molecular formula is C20H28N2O4. The summed E-state index contributed by atoms with van der Waals surface area (Å²) >= 11 is 0. The molecular weight excluding hydrogens is 332 g/mol. The van der Waals surface area contributed by atoms with Crippen LogP contribution in [0.1, 0.15) is 37.3 Å². The van der Waals surface area contributed by atoms with Crippen molar-refractivity contribution in [2.75, 3.05) is 24.5 Å². The van der Waals surface area contributed by atoms with Crippen LogP contribution in [0.4, 0.5) is 5.69 Å². The third-order valence-corrected chi connectivity index (χ3v) is 5.36. The van der Waals surface area contributed by atoms with Gasteiger partial charge in [-0.2, -0.15) is 0 Å². The largest absolute Gasteiger partial charge is 0.481 e. The Balaban J connectivity index is 2.04. The first-order valence-corrected chi connectivity index (χ1v) is 9.18. The third-order valence-electron chi connectivity index (χ3n) is 5.36. The molecule has 0 saturated carbocycles. The van der Waals surface area contributed by atoms with E-state index in [9.17, 15) is 14.4 Å². The fourth-order valence-electron chi connectivity index (χ4n) is 3.34. The molecule has 1 fully saturated rings. The number of aryl methyl sites for hydroxylation is 2. The van der Waals surface area contributed by atoms with Gasteiger partial charge in [-0.1, -0.05) is 13.0 Å². The van der Waals surface area contributed by atoms with Crippen LogP contribution in [0.5, 0.6) is 0 Å². The van der Waals surface area contributed by atoms with E-state index in [1.54, 1.807) is 9.80 Å². The van der Waals surface area contributed by atoms with Gasteiger partial charge in [0.2, 0.25) is 12.3 Å². The molecule has 1 aromatic carbocycles. The summed E-state index contributed by atoms with van der Waals surface area (Å²) in [5, 5.41) is 9.09. The van der Waals surface area contributed by atoms with Gasteiger partial charge in [0.05, 0.1) is 11.8 Å². The van der Waals surface area contributed by atoms with E-state index in [1.807, 2.05) is 39.0 Å². The molecule has 142 valence electrons. The van der Waals surface area contributed by atoms with Crippen LogP contribution in [0, 0.1) is 25.7 Å². The molecule has 1 atom stereocenters. The second kappa shape index (κ2) is 8.83. The number of carbonyl (C=O) groups is 3. The van der Waals surface area contributed by atoms with Gasteiger partial charge in [0, 0.05) is 25.3 Å². The van der Waals surface area contributed by atoms with Crippen molar-refractivity contribution in [2.45, 2.75) is 40.0 Å². The molecule has 0 aromatic heterocycles. The Morgan fingerprint density at radius 2 is 1.92 bits per heavy atom. The van der Waals surface area contributed by atoms with Crippen molar-refractivity contribution in [1.82, 2.24) is 4.90 Å². The number of hydrogen-bond acceptors (Lipinski definition) is 3. The van der Waals surface area contributed by atoms with Crippen molar-refractivity contribution in [2.24, 2.45) is 11.8 Å². The van der Waals surface area contributed by atoms with Crippen molar-refractivity contribution >= 4 is 24.0 Å². The summed E-state index contributed by atoms with van der Waals surface area (Å²) in [7, 11) is 0. The number of nitrogens with zero attached hydrogens (tertiary/aromatic N) is 2. The van der Waals surface area contributed by atoms with Crippen molar-refractivity contribution in [3.63, 3.8) is 0 Å². The second-order valence-electron chi connectivity index (χ2n) is 7.07. The van der Waals surface area contributed by atoms with Crippen molar-refractivity contribution in [1.29, 1.82) is 0 Å². The predicted octanol–water partition coefficient (Wildman–Crippen LogP) is 2.62. The van der Waals surface area contributed by atoms with Gasteiger partial charge in [-0.25, -0.2) is 0 Å². The smallest absolute Gasteiger partial charge is 0.306 e. The average molecular weight is 360 g/mol. The lowest BCUT2D eigenvalue weighted by atomic mass is 9.95. The van der Waals surface area contributed by atoms with Crippen molar-refractivity contribution in [3.8, 4) is 0 Å². The molecule has 1 aliphatic heterocycles. The maximum atomic E-state index is 12.8. The summed E-state index contributed by atoms with van der Waals surface area (Å²) in [6.07, 6.45) is 2.39. The van der Waals surface area contributed by atoms with Gasteiger partial charge in [-0.3, -0.25) is 14.4 Å². The number of benzene rings is 1. The highest BCUT2D eigenvalue weighted by atomic mass is 16.4. The topological polar surface area (TPSA) is 77.9 Å². The summed E-state index contributed by atoms with van der Waals surface area (Å²) in [5.74, 6) is -1.43. The van der Waals surface area contributed by atoms with Crippen LogP contribution in [0.15, 0.2) is 18.2 Å². The monoisotopic (exact) mass is 360 g/mol. The zero-order valence-corrected chi connectivity index (χ0v) is 15.8. The molecule has 0 spiro atoms. The molecule has 1 N–H and O–H groups in total. The van der Waals surface area contributed by atoms with E-state index < -0.39 is 5.97 Å². The normalized spacial score (nSPS) is 16.2. The van der Waals surface area contributed by atoms with E-state index in [1.165, 1.54) is 0 Å². The van der Waals surface area contributed by atoms with Crippen LogP contribution in [-0.4, -0.2) is 47.9 Å². The number of rotatable bonds is 7. The number of hydrogen-bond donors (Lipinski definition) is 1. The summed E-state index contributed by atoms with van der Waals surface area (Å²) < 4.78 is 0. The number of aliphatic carboxylic acids is 1. The minimum atomic E-state index is -0.786. The maximum absolute atomic E-state index is 12.8. The number of amides is 2. The Morgan fingerprint density at radius 3 is 2.42 bits per heavy atom. The lowest BCUT2D eigenvalue weighted by Gasteiger charge is -2.33. The van der Waals surface area contributed by atoms with E-state index >= 15 is 0 Å². The fourth-order valence-corrected chi connectivity index (χ4v) is 3.34. The van der Waals surface area contributed by atoms with Gasteiger partial charge in [-0.15, -0.1) is 0 Å². The molecule has 1 aromatic rings. The molecule has 1 saturated heterocycles. The lowest BCUT2D eigenvalue weighted by Crippen LogP contribution is -2.45. The molecule has 26 heavy (non-hydrogen) atoms. The molecule has 1 aliphatic rings. The Labute approximate surface area is 154 Å². The third kappa shape index (κ3) is 4.62. The van der Waals surface area contributed by atoms with Crippen LogP contribution in [-0.2, 0) is 14.4 Å². The fraction of sp³-hybridized carbons (Fsp3) is 0.550. The van der Waals surface area contributed by atoms with E-state index in [-0.39, 0.29) is 17.7 Å². The van der Waals surface area contributed by atoms with Crippen LogP contribution >= 0.6 is 0 Å². The minimum absolute atomic E-state index is 0.00650. The highest BCUT2D eigenvalue weighted by Gasteiger charge is 2.31. The number of carbonyl (C=O) groups excluding carboxylic acids is 2. The standard InChI is InChI=1S/C20H28N2O4/c1-4-16(19(24)21-9-7-17(8-10-21)20(25)26)12-22(13-23)18-6-5-14(2)15(3)11-18/h5-6,11,13,16-17H,4,7-10,12H2,1-3H3,(H,25,26). The average Bonchev–Trinajstić information content (AvgIpc) is 2.65. The molecule has 0 aliphatic carbocycles. The zero-order chi connectivity index (χ0) is 19.3. The SMILES string of the molecule is CCC(CN(C=O)c1ccc(C)c(C)c1)C(=O)N1CCC(C(=O)O)CC1. The number of likely N-dealkylation sites (tertiary alicyclic amines) is 1. The molecule has 6 heteroatoms. The molecule has 1 unspecified atom stereocenters. The van der Waals surface area contributed by atoms with Crippen molar-refractivity contribution in [3.05, 3.63) is 29.3 Å². The summed E-state index contributed by atoms with van der Waals surface area (Å²) in [6, 6.07) is 5.83. The zero-order valence-electron chi connectivity index (χ0n) is 15.8. The number of carboxylic acid groups (broad SMARTS) is 1. The molecule has 2 amide bonds. The minimum Gasteiger partial charge on any atom is -0.481 e. The summed E-state index contributed by atoms with van der Waals surface area (Å²) in [6.45, 7) is 7.23. The summed E-state index contributed by atoms with van der Waals surface area (Å²) in [4.78, 5) is 38.8. The van der Waals surface area contributed by atoms with E-state index in [2.05, 4.69) is 0 Å². The Kier molecular flexibility index (Phi) is 6.77. The van der Waals surface area contributed by atoms with E-state index in [0.29, 0.717) is 38.9 Å². The van der Waals surface area contributed by atoms with Gasteiger partial charge < -0.3 is 14.9 Å². The quantitative estimate of drug-likeness (QED) is 0.758. The van der Waals surface area contributed by atoms with Gasteiger partial charge in [-0.05, 0) is 56.4 Å². The maximum Gasteiger partial charge on any atom is 0.306 e. The first-order chi connectivity index (χ1) is 12.4. The molecule has 1 heterocycles. The van der Waals surface area contributed by atoms with E-state index in [4.69, 9.17) is 5.11 Å². The first kappa shape index (κ1) is 19.9. The first-order valence-electron chi connectivity index (χ1n) is 9.18. The van der Waals surface area contributed by atoms with Crippen LogP contribution < -0.4 is 4.90 Å². The highest BCUT2D eigenvalue weighted by molar-refractivity contribution is 5.82. The van der Waals surface area contributed by atoms with Gasteiger partial charge in [0.1, 0.15) is 0 Å². The van der Waals surface area contributed by atoms with E-state index in [0.717, 1.165) is 23.2 Å². The number of piperidine rings is 1. The van der Waals surface area contributed by atoms with Crippen LogP contribution in [0.25, 0.3) is 0 Å². The van der Waals surface area contributed by atoms with Gasteiger partial charge in [0.25, 0.3) is 0 Å². The highest BCUT2D eigenvalue weighted by Crippen LogP contribution is 2.23. The molecule has 2 rings (SSSR count). The lowest BCUT2D eigenvalue weighted by molar-refractivity contribution is -0.146. The van der Waals surface area contributed by atoms with Gasteiger partial charge >= 0.3 is 5.97 Å². The summed E-state index contributed by atoms with van der Waals surface area (Å²) in [5.41, 5.74) is 3.05. The Bertz CT molecular complexity index is 666. The van der Waals surface area contributed by atoms with Gasteiger partial charge in [0.15, 0.2) is 0 Å². The predicted molar refractivity (Wildman–Crippen MR) is 100 cm³/mol. The number of carboxylic acids is 1. The van der Waals surface area contributed by atoms with Crippen LogP contribution in [0.2, 0.25) is 0 Å². The van der Waals surface area contributed by atoms with Crippen LogP contribution in [0.3, 0.4) is 0 Å². The molecule has 6 nitrogen and oxygen atoms in total. The van der Waals surface area contributed by atoms with Crippen molar-refractivity contribution < 1.29 is 19.5 Å². The molecule has 0 radical (unpaired) electrons.